The predicted octanol–water partition coefficient (Wildman–Crippen LogP) is 0.328. The number of nitrogens with zero attached hydrogens (tertiary/aromatic N) is 1. The topological polar surface area (TPSA) is 51.2 Å². The number of nitrogens with two attached hydrogens (primary N) is 1. The fourth-order valence-corrected chi connectivity index (χ4v) is 1.03. The Labute approximate surface area is 66.4 Å². The fourth-order valence-electron chi connectivity index (χ4n) is 1.03. The van der Waals surface area contributed by atoms with Crippen LogP contribution in [0.25, 0.3) is 0 Å². The van der Waals surface area contributed by atoms with Crippen LogP contribution in [0.15, 0.2) is 18.5 Å². The van der Waals surface area contributed by atoms with Crippen molar-refractivity contribution >= 4 is 0 Å². The van der Waals surface area contributed by atoms with Crippen molar-refractivity contribution in [3.8, 4) is 0 Å². The van der Waals surface area contributed by atoms with Gasteiger partial charge in [-0.2, -0.15) is 0 Å². The molecule has 1 heterocycles. The van der Waals surface area contributed by atoms with Crippen molar-refractivity contribution in [3.63, 3.8) is 0 Å². The van der Waals surface area contributed by atoms with Crippen LogP contribution in [0.2, 0.25) is 0 Å². The first-order chi connectivity index (χ1) is 5.22. The van der Waals surface area contributed by atoms with Gasteiger partial charge in [0.15, 0.2) is 0 Å². The maximum absolute atomic E-state index is 9.04. The monoisotopic (exact) mass is 154 g/mol. The number of rotatable bonds is 3. The van der Waals surface area contributed by atoms with Crippen molar-refractivity contribution in [2.75, 3.05) is 0 Å². The molecule has 3 heteroatoms. The second kappa shape index (κ2) is 3.55. The van der Waals surface area contributed by atoms with E-state index in [9.17, 15) is 0 Å². The van der Waals surface area contributed by atoms with Crippen LogP contribution in [0.3, 0.4) is 0 Å². The number of aliphatic hydroxyl groups excluding tert-OH is 1. The van der Waals surface area contributed by atoms with Crippen LogP contribution in [0.4, 0.5) is 0 Å². The van der Waals surface area contributed by atoms with Crippen molar-refractivity contribution in [3.05, 3.63) is 24.0 Å². The molecule has 1 unspecified atom stereocenters. The van der Waals surface area contributed by atoms with Crippen LogP contribution in [0, 0.1) is 0 Å². The first kappa shape index (κ1) is 8.30. The third-order valence-corrected chi connectivity index (χ3v) is 1.52. The lowest BCUT2D eigenvalue weighted by atomic mass is 10.3. The highest BCUT2D eigenvalue weighted by molar-refractivity contribution is 5.09. The Kier molecular flexibility index (Phi) is 2.68. The molecule has 62 valence electrons. The van der Waals surface area contributed by atoms with Gasteiger partial charge in [0.2, 0.25) is 0 Å². The van der Waals surface area contributed by atoms with Crippen molar-refractivity contribution < 1.29 is 5.11 Å². The zero-order valence-corrected chi connectivity index (χ0v) is 6.70. The minimum atomic E-state index is -0.298. The average Bonchev–Trinajstić information content (AvgIpc) is 2.34. The standard InChI is InChI=1S/C8H14N2O/c1-7(11)5-10-3-2-8(4-9)6-10/h2-3,6-7,11H,4-5,9H2,1H3. The minimum Gasteiger partial charge on any atom is -0.392 e. The van der Waals surface area contributed by atoms with Gasteiger partial charge in [-0.1, -0.05) is 0 Å². The van der Waals surface area contributed by atoms with Gasteiger partial charge < -0.3 is 15.4 Å². The first-order valence-corrected chi connectivity index (χ1v) is 3.75. The molecular formula is C8H14N2O. The molecule has 0 amide bonds. The van der Waals surface area contributed by atoms with Gasteiger partial charge >= 0.3 is 0 Å². The van der Waals surface area contributed by atoms with Gasteiger partial charge in [0, 0.05) is 25.5 Å². The zero-order valence-electron chi connectivity index (χ0n) is 6.70. The molecule has 1 aromatic rings. The van der Waals surface area contributed by atoms with E-state index >= 15 is 0 Å². The highest BCUT2D eigenvalue weighted by atomic mass is 16.3. The highest BCUT2D eigenvalue weighted by Crippen LogP contribution is 2.00. The van der Waals surface area contributed by atoms with E-state index in [1.54, 1.807) is 6.92 Å². The van der Waals surface area contributed by atoms with Crippen molar-refractivity contribution in [1.29, 1.82) is 0 Å². The second-order valence-electron chi connectivity index (χ2n) is 2.77. The van der Waals surface area contributed by atoms with Crippen LogP contribution in [0.5, 0.6) is 0 Å². The summed E-state index contributed by atoms with van der Waals surface area (Å²) in [5.74, 6) is 0. The SMILES string of the molecule is CC(O)Cn1ccc(CN)c1. The molecular weight excluding hydrogens is 140 g/mol. The summed E-state index contributed by atoms with van der Waals surface area (Å²) >= 11 is 0. The van der Waals surface area contributed by atoms with Crippen molar-refractivity contribution in [1.82, 2.24) is 4.57 Å². The Morgan fingerprint density at radius 2 is 2.45 bits per heavy atom. The van der Waals surface area contributed by atoms with Gasteiger partial charge in [-0.3, -0.25) is 0 Å². The maximum atomic E-state index is 9.04. The molecule has 0 saturated heterocycles. The lowest BCUT2D eigenvalue weighted by Gasteiger charge is -2.04. The van der Waals surface area contributed by atoms with Gasteiger partial charge in [0.25, 0.3) is 0 Å². The van der Waals surface area contributed by atoms with E-state index in [4.69, 9.17) is 10.8 Å². The molecule has 0 aliphatic carbocycles. The summed E-state index contributed by atoms with van der Waals surface area (Å²) in [7, 11) is 0. The van der Waals surface area contributed by atoms with Gasteiger partial charge in [-0.05, 0) is 18.6 Å². The molecule has 0 spiro atoms. The Hall–Kier alpha value is -0.800. The predicted molar refractivity (Wildman–Crippen MR) is 44.0 cm³/mol. The summed E-state index contributed by atoms with van der Waals surface area (Å²) in [6.07, 6.45) is 3.58. The molecule has 0 fully saturated rings. The molecule has 0 aliphatic heterocycles. The summed E-state index contributed by atoms with van der Waals surface area (Å²) in [6.45, 7) is 2.97. The summed E-state index contributed by atoms with van der Waals surface area (Å²) < 4.78 is 1.94. The van der Waals surface area contributed by atoms with Gasteiger partial charge in [0.05, 0.1) is 6.10 Å². The van der Waals surface area contributed by atoms with Crippen LogP contribution in [0.1, 0.15) is 12.5 Å². The number of hydrogen-bond acceptors (Lipinski definition) is 2. The average molecular weight is 154 g/mol. The van der Waals surface area contributed by atoms with Crippen LogP contribution >= 0.6 is 0 Å². The summed E-state index contributed by atoms with van der Waals surface area (Å²) in [6, 6.07) is 1.96. The summed E-state index contributed by atoms with van der Waals surface area (Å²) in [5.41, 5.74) is 6.52. The van der Waals surface area contributed by atoms with E-state index in [0.29, 0.717) is 13.1 Å². The van der Waals surface area contributed by atoms with E-state index in [-0.39, 0.29) is 6.10 Å². The Balaban J connectivity index is 2.58. The van der Waals surface area contributed by atoms with Crippen molar-refractivity contribution in [2.45, 2.75) is 26.1 Å². The summed E-state index contributed by atoms with van der Waals surface area (Å²) in [5, 5.41) is 9.04. The minimum absolute atomic E-state index is 0.298. The van der Waals surface area contributed by atoms with E-state index in [1.165, 1.54) is 0 Å². The molecule has 1 aromatic heterocycles. The molecule has 11 heavy (non-hydrogen) atoms. The largest absolute Gasteiger partial charge is 0.392 e. The molecule has 0 radical (unpaired) electrons. The second-order valence-corrected chi connectivity index (χ2v) is 2.77. The number of hydrogen-bond donors (Lipinski definition) is 2. The first-order valence-electron chi connectivity index (χ1n) is 3.75. The maximum Gasteiger partial charge on any atom is 0.0690 e. The Bertz CT molecular complexity index is 218. The number of aromatic nitrogens is 1. The lowest BCUT2D eigenvalue weighted by Crippen LogP contribution is -2.09. The van der Waals surface area contributed by atoms with E-state index in [2.05, 4.69) is 0 Å². The molecule has 3 N–H and O–H groups in total. The van der Waals surface area contributed by atoms with E-state index in [0.717, 1.165) is 5.56 Å². The third-order valence-electron chi connectivity index (χ3n) is 1.52. The Morgan fingerprint density at radius 1 is 1.73 bits per heavy atom. The Morgan fingerprint density at radius 3 is 2.91 bits per heavy atom. The lowest BCUT2D eigenvalue weighted by molar-refractivity contribution is 0.173. The molecule has 0 saturated carbocycles. The van der Waals surface area contributed by atoms with Crippen LogP contribution in [-0.4, -0.2) is 15.8 Å². The molecule has 0 aromatic carbocycles. The van der Waals surface area contributed by atoms with Gasteiger partial charge in [-0.15, -0.1) is 0 Å². The number of aliphatic hydroxyl groups is 1. The molecule has 1 atom stereocenters. The zero-order chi connectivity index (χ0) is 8.27. The van der Waals surface area contributed by atoms with E-state index < -0.39 is 0 Å². The van der Waals surface area contributed by atoms with Crippen LogP contribution < -0.4 is 5.73 Å². The fraction of sp³-hybridized carbons (Fsp3) is 0.500. The van der Waals surface area contributed by atoms with Crippen LogP contribution in [-0.2, 0) is 13.1 Å². The van der Waals surface area contributed by atoms with Crippen molar-refractivity contribution in [2.24, 2.45) is 5.73 Å². The normalized spacial score (nSPS) is 13.4. The molecule has 0 aliphatic rings. The molecule has 0 bridgehead atoms. The molecule has 1 rings (SSSR count). The summed E-state index contributed by atoms with van der Waals surface area (Å²) in [4.78, 5) is 0. The van der Waals surface area contributed by atoms with Gasteiger partial charge in [0.1, 0.15) is 0 Å². The smallest absolute Gasteiger partial charge is 0.0690 e. The molecule has 3 nitrogen and oxygen atoms in total. The highest BCUT2D eigenvalue weighted by Gasteiger charge is 1.97. The quantitative estimate of drug-likeness (QED) is 0.659. The van der Waals surface area contributed by atoms with E-state index in [1.807, 2.05) is 23.0 Å². The van der Waals surface area contributed by atoms with Gasteiger partial charge in [-0.25, -0.2) is 0 Å². The third kappa shape index (κ3) is 2.37.